The summed E-state index contributed by atoms with van der Waals surface area (Å²) in [6.07, 6.45) is 3.62. The van der Waals surface area contributed by atoms with Gasteiger partial charge in [-0.05, 0) is 46.2 Å². The zero-order valence-electron chi connectivity index (χ0n) is 25.4. The highest BCUT2D eigenvalue weighted by Gasteiger charge is 2.35. The van der Waals surface area contributed by atoms with E-state index in [0.717, 1.165) is 29.3 Å². The highest BCUT2D eigenvalue weighted by atomic mass is 31.2. The van der Waals surface area contributed by atoms with Crippen LogP contribution in [0.25, 0.3) is 21.9 Å². The number of rotatable bonds is 16. The van der Waals surface area contributed by atoms with Crippen molar-refractivity contribution in [1.82, 2.24) is 24.6 Å². The van der Waals surface area contributed by atoms with Crippen molar-refractivity contribution in [3.05, 3.63) is 54.5 Å². The van der Waals surface area contributed by atoms with E-state index in [1.807, 2.05) is 31.2 Å². The third-order valence-corrected chi connectivity index (χ3v) is 8.28. The molecule has 13 heteroatoms. The maximum atomic E-state index is 14.2. The maximum absolute atomic E-state index is 14.2. The number of hydrogen-bond donors (Lipinski definition) is 2. The molecule has 3 heterocycles. The summed E-state index contributed by atoms with van der Waals surface area (Å²) >= 11 is 0. The molecule has 0 amide bonds. The topological polar surface area (TPSA) is 153 Å². The first kappa shape index (κ1) is 32.3. The van der Waals surface area contributed by atoms with Crippen LogP contribution in [0.1, 0.15) is 65.7 Å². The summed E-state index contributed by atoms with van der Waals surface area (Å²) < 4.78 is 39.3. The monoisotopic (exact) mass is 612 g/mol. The molecule has 3 N–H and O–H groups in total. The van der Waals surface area contributed by atoms with Gasteiger partial charge in [-0.2, -0.15) is 5.09 Å². The SMILES string of the molecule is CCCC[C@H](COP(=O)(N[C@@H](C)C(=O)OC(C)C)Oc1ccccn1)n1c(COCC)nc2c(N)nc3ccccc3c21. The van der Waals surface area contributed by atoms with E-state index in [2.05, 4.69) is 26.5 Å². The highest BCUT2D eigenvalue weighted by molar-refractivity contribution is 7.52. The Hall–Kier alpha value is -3.57. The van der Waals surface area contributed by atoms with Gasteiger partial charge in [0.1, 0.15) is 24.0 Å². The Bertz CT molecular complexity index is 1560. The van der Waals surface area contributed by atoms with Crippen LogP contribution in [0.2, 0.25) is 0 Å². The first-order valence-corrected chi connectivity index (χ1v) is 16.2. The minimum atomic E-state index is -4.15. The molecule has 0 aliphatic rings. The van der Waals surface area contributed by atoms with E-state index in [4.69, 9.17) is 29.2 Å². The molecule has 0 aliphatic carbocycles. The van der Waals surface area contributed by atoms with E-state index in [9.17, 15) is 9.36 Å². The Morgan fingerprint density at radius 2 is 1.86 bits per heavy atom. The first-order chi connectivity index (χ1) is 20.7. The fourth-order valence-corrected chi connectivity index (χ4v) is 6.19. The minimum absolute atomic E-state index is 0.0375. The van der Waals surface area contributed by atoms with Crippen molar-refractivity contribution in [3.8, 4) is 5.88 Å². The molecule has 0 radical (unpaired) electrons. The van der Waals surface area contributed by atoms with Gasteiger partial charge >= 0.3 is 13.7 Å². The average Bonchev–Trinajstić information content (AvgIpc) is 3.36. The molecule has 4 aromatic rings. The lowest BCUT2D eigenvalue weighted by atomic mass is 10.1. The number of carbonyl (C=O) groups excluding carboxylic acids is 1. The molecule has 1 aromatic carbocycles. The third-order valence-electron chi connectivity index (χ3n) is 6.66. The Balaban J connectivity index is 1.76. The zero-order valence-corrected chi connectivity index (χ0v) is 26.3. The number of fused-ring (bicyclic) bond motifs is 3. The van der Waals surface area contributed by atoms with Crippen LogP contribution in [-0.4, -0.2) is 50.8 Å². The molecule has 0 saturated carbocycles. The second kappa shape index (κ2) is 14.7. The lowest BCUT2D eigenvalue weighted by molar-refractivity contribution is -0.149. The summed E-state index contributed by atoms with van der Waals surface area (Å²) in [5, 5.41) is 3.62. The van der Waals surface area contributed by atoms with E-state index in [-0.39, 0.29) is 31.2 Å². The quantitative estimate of drug-likeness (QED) is 0.114. The number of nitrogens with one attached hydrogen (secondary N) is 1. The van der Waals surface area contributed by atoms with E-state index >= 15 is 0 Å². The summed E-state index contributed by atoms with van der Waals surface area (Å²) in [7, 11) is -4.15. The van der Waals surface area contributed by atoms with Crippen molar-refractivity contribution < 1.29 is 27.9 Å². The van der Waals surface area contributed by atoms with Crippen LogP contribution in [0.4, 0.5) is 5.82 Å². The smallest absolute Gasteiger partial charge is 0.460 e. The molecular weight excluding hydrogens is 571 g/mol. The van der Waals surface area contributed by atoms with Gasteiger partial charge < -0.3 is 24.3 Å². The Labute approximate surface area is 251 Å². The van der Waals surface area contributed by atoms with Crippen LogP contribution >= 0.6 is 7.75 Å². The molecule has 3 atom stereocenters. The van der Waals surface area contributed by atoms with Crippen molar-refractivity contribution in [1.29, 1.82) is 0 Å². The zero-order chi connectivity index (χ0) is 31.0. The molecule has 0 fully saturated rings. The van der Waals surface area contributed by atoms with Gasteiger partial charge in [-0.3, -0.25) is 9.32 Å². The molecule has 0 aliphatic heterocycles. The van der Waals surface area contributed by atoms with Crippen molar-refractivity contribution in [2.45, 2.75) is 78.7 Å². The number of benzene rings is 1. The fourth-order valence-electron chi connectivity index (χ4n) is 4.71. The number of unbranched alkanes of at least 4 members (excludes halogenated alkanes) is 1. The highest BCUT2D eigenvalue weighted by Crippen LogP contribution is 2.46. The van der Waals surface area contributed by atoms with E-state index in [0.29, 0.717) is 30.2 Å². The molecule has 12 nitrogen and oxygen atoms in total. The van der Waals surface area contributed by atoms with Crippen molar-refractivity contribution in [2.75, 3.05) is 18.9 Å². The summed E-state index contributed by atoms with van der Waals surface area (Å²) in [5.74, 6) is 0.459. The molecule has 1 unspecified atom stereocenters. The van der Waals surface area contributed by atoms with Crippen molar-refractivity contribution in [2.24, 2.45) is 0 Å². The Morgan fingerprint density at radius 1 is 1.09 bits per heavy atom. The largest absolute Gasteiger partial charge is 0.462 e. The summed E-state index contributed by atoms with van der Waals surface area (Å²) in [5.41, 5.74) is 8.48. The molecular formula is C30H41N6O6P. The summed E-state index contributed by atoms with van der Waals surface area (Å²) in [6, 6.07) is 11.4. The van der Waals surface area contributed by atoms with E-state index in [1.165, 1.54) is 6.20 Å². The fraction of sp³-hybridized carbons (Fsp3) is 0.467. The molecule has 43 heavy (non-hydrogen) atoms. The predicted molar refractivity (Wildman–Crippen MR) is 166 cm³/mol. The minimum Gasteiger partial charge on any atom is -0.462 e. The second-order valence-corrected chi connectivity index (χ2v) is 12.1. The van der Waals surface area contributed by atoms with Crippen LogP contribution in [0, 0.1) is 0 Å². The standard InChI is InChI=1S/C30H41N6O6P/c1-6-8-13-22(18-40-43(38,42-26-16-11-12-17-32-26)35-21(5)30(37)41-20(3)4)36-25(19-39-7-2)34-27-28(36)23-14-9-10-15-24(23)33-29(27)31/h9-12,14-17,20-22H,6-8,13,18-19H2,1-5H3,(H2,31,33)(H,35,38)/t21-,22+,43?/m0/s1. The number of para-hydroxylation sites is 1. The maximum Gasteiger partial charge on any atom is 0.460 e. The summed E-state index contributed by atoms with van der Waals surface area (Å²) in [6.45, 7) is 9.73. The number of nitrogens with two attached hydrogens (primary N) is 1. The molecule has 0 spiro atoms. The lowest BCUT2D eigenvalue weighted by Gasteiger charge is -2.27. The average molecular weight is 613 g/mol. The van der Waals surface area contributed by atoms with Crippen molar-refractivity contribution >= 4 is 41.5 Å². The first-order valence-electron chi connectivity index (χ1n) is 14.6. The predicted octanol–water partition coefficient (Wildman–Crippen LogP) is 5.96. The van der Waals surface area contributed by atoms with Crippen LogP contribution < -0.4 is 15.3 Å². The third kappa shape index (κ3) is 8.08. The Kier molecular flexibility index (Phi) is 11.1. The van der Waals surface area contributed by atoms with Gasteiger partial charge in [-0.25, -0.2) is 19.5 Å². The van der Waals surface area contributed by atoms with Gasteiger partial charge in [0.05, 0.1) is 29.8 Å². The second-order valence-electron chi connectivity index (χ2n) is 10.4. The molecule has 3 aromatic heterocycles. The Morgan fingerprint density at radius 3 is 2.56 bits per heavy atom. The van der Waals surface area contributed by atoms with Crippen molar-refractivity contribution in [3.63, 3.8) is 0 Å². The van der Waals surface area contributed by atoms with Gasteiger partial charge in [0, 0.05) is 24.3 Å². The number of nitrogen functional groups attached to an aromatic ring is 1. The van der Waals surface area contributed by atoms with Crippen LogP contribution in [0.3, 0.4) is 0 Å². The number of esters is 1. The van der Waals surface area contributed by atoms with E-state index < -0.39 is 19.8 Å². The molecule has 4 rings (SSSR count). The molecule has 0 bridgehead atoms. The number of aromatic nitrogens is 4. The lowest BCUT2D eigenvalue weighted by Crippen LogP contribution is -2.36. The number of hydrogen-bond acceptors (Lipinski definition) is 10. The van der Waals surface area contributed by atoms with Gasteiger partial charge in [0.15, 0.2) is 5.82 Å². The number of anilines is 1. The van der Waals surface area contributed by atoms with Gasteiger partial charge in [0.25, 0.3) is 0 Å². The van der Waals surface area contributed by atoms with Gasteiger partial charge in [-0.1, -0.05) is 44.0 Å². The number of ether oxygens (including phenoxy) is 2. The number of nitrogens with zero attached hydrogens (tertiary/aromatic N) is 4. The molecule has 232 valence electrons. The number of imidazole rings is 1. The number of carbonyl (C=O) groups is 1. The van der Waals surface area contributed by atoms with Crippen LogP contribution in [0.5, 0.6) is 5.88 Å². The normalized spacial score (nSPS) is 14.6. The number of pyridine rings is 2. The van der Waals surface area contributed by atoms with Crippen LogP contribution in [0.15, 0.2) is 48.7 Å². The molecule has 0 saturated heterocycles. The van der Waals surface area contributed by atoms with Crippen LogP contribution in [-0.2, 0) is 30.0 Å². The van der Waals surface area contributed by atoms with E-state index in [1.54, 1.807) is 39.0 Å². The summed E-state index contributed by atoms with van der Waals surface area (Å²) in [4.78, 5) is 26.2. The van der Waals surface area contributed by atoms with Gasteiger partial charge in [0.2, 0.25) is 5.88 Å². The van der Waals surface area contributed by atoms with Gasteiger partial charge in [-0.15, -0.1) is 0 Å².